The Morgan fingerprint density at radius 3 is 2.61 bits per heavy atom. The second-order valence-corrected chi connectivity index (χ2v) is 5.83. The number of ether oxygens (including phenoxy) is 1. The lowest BCUT2D eigenvalue weighted by molar-refractivity contribution is -0.123. The summed E-state index contributed by atoms with van der Waals surface area (Å²) in [6, 6.07) is 16.9. The molecular formula is C19H24N2O2. The highest BCUT2D eigenvalue weighted by Crippen LogP contribution is 2.12. The monoisotopic (exact) mass is 312 g/mol. The molecule has 0 aliphatic heterocycles. The van der Waals surface area contributed by atoms with Crippen LogP contribution in [-0.2, 0) is 11.2 Å². The molecule has 3 N–H and O–H groups in total. The van der Waals surface area contributed by atoms with E-state index in [1.54, 1.807) is 0 Å². The van der Waals surface area contributed by atoms with E-state index < -0.39 is 6.04 Å². The van der Waals surface area contributed by atoms with E-state index in [0.29, 0.717) is 13.0 Å². The van der Waals surface area contributed by atoms with Crippen LogP contribution in [0.1, 0.15) is 18.1 Å². The summed E-state index contributed by atoms with van der Waals surface area (Å²) in [4.78, 5) is 12.1. The molecule has 1 amide bonds. The van der Waals surface area contributed by atoms with E-state index in [0.717, 1.165) is 16.9 Å². The molecule has 0 heterocycles. The summed E-state index contributed by atoms with van der Waals surface area (Å²) in [6.07, 6.45) is 0.526. The van der Waals surface area contributed by atoms with Crippen molar-refractivity contribution in [1.29, 1.82) is 0 Å². The fourth-order valence-corrected chi connectivity index (χ4v) is 2.28. The summed E-state index contributed by atoms with van der Waals surface area (Å²) in [5.41, 5.74) is 8.17. The van der Waals surface area contributed by atoms with Gasteiger partial charge >= 0.3 is 0 Å². The normalized spacial score (nSPS) is 13.2. The van der Waals surface area contributed by atoms with E-state index in [1.165, 1.54) is 0 Å². The molecule has 0 aliphatic rings. The zero-order valence-corrected chi connectivity index (χ0v) is 13.7. The lowest BCUT2D eigenvalue weighted by Gasteiger charge is -2.18. The number of aryl methyl sites for hydroxylation is 1. The van der Waals surface area contributed by atoms with Gasteiger partial charge in [0, 0.05) is 0 Å². The van der Waals surface area contributed by atoms with Crippen LogP contribution in [0.3, 0.4) is 0 Å². The maximum atomic E-state index is 12.1. The van der Waals surface area contributed by atoms with Crippen LogP contribution in [0.4, 0.5) is 0 Å². The molecular weight excluding hydrogens is 288 g/mol. The van der Waals surface area contributed by atoms with Gasteiger partial charge in [0.2, 0.25) is 5.91 Å². The van der Waals surface area contributed by atoms with Crippen LogP contribution in [-0.4, -0.2) is 24.6 Å². The number of carbonyl (C=O) groups is 1. The topological polar surface area (TPSA) is 64.3 Å². The fourth-order valence-electron chi connectivity index (χ4n) is 2.28. The number of nitrogens with two attached hydrogens (primary N) is 1. The first-order chi connectivity index (χ1) is 11.0. The Kier molecular flexibility index (Phi) is 6.18. The molecule has 2 atom stereocenters. The number of carbonyl (C=O) groups excluding carboxylic acids is 1. The van der Waals surface area contributed by atoms with Crippen molar-refractivity contribution in [2.24, 2.45) is 5.73 Å². The van der Waals surface area contributed by atoms with Gasteiger partial charge < -0.3 is 15.8 Å². The minimum Gasteiger partial charge on any atom is -0.491 e. The van der Waals surface area contributed by atoms with Gasteiger partial charge in [-0.05, 0) is 43.5 Å². The summed E-state index contributed by atoms with van der Waals surface area (Å²) < 4.78 is 5.69. The van der Waals surface area contributed by atoms with Crippen molar-refractivity contribution >= 4 is 5.91 Å². The summed E-state index contributed by atoms with van der Waals surface area (Å²) >= 11 is 0. The molecule has 122 valence electrons. The lowest BCUT2D eigenvalue weighted by Crippen LogP contribution is -2.47. The third-order valence-corrected chi connectivity index (χ3v) is 3.51. The van der Waals surface area contributed by atoms with Gasteiger partial charge in [0.15, 0.2) is 0 Å². The van der Waals surface area contributed by atoms with E-state index in [9.17, 15) is 4.79 Å². The van der Waals surface area contributed by atoms with E-state index in [-0.39, 0.29) is 11.9 Å². The number of amides is 1. The minimum atomic E-state index is -0.557. The van der Waals surface area contributed by atoms with Gasteiger partial charge in [0.25, 0.3) is 0 Å². The van der Waals surface area contributed by atoms with E-state index in [2.05, 4.69) is 5.32 Å². The van der Waals surface area contributed by atoms with Crippen molar-refractivity contribution < 1.29 is 9.53 Å². The summed E-state index contributed by atoms with van der Waals surface area (Å²) in [7, 11) is 0. The molecule has 0 saturated heterocycles. The lowest BCUT2D eigenvalue weighted by atomic mass is 10.1. The van der Waals surface area contributed by atoms with Crippen LogP contribution in [0.5, 0.6) is 5.75 Å². The molecule has 0 aliphatic carbocycles. The Hall–Kier alpha value is -2.33. The minimum absolute atomic E-state index is 0.107. The Balaban J connectivity index is 1.77. The molecule has 2 aromatic rings. The molecule has 0 fully saturated rings. The van der Waals surface area contributed by atoms with Crippen molar-refractivity contribution in [1.82, 2.24) is 5.32 Å². The first-order valence-corrected chi connectivity index (χ1v) is 7.84. The molecule has 4 nitrogen and oxygen atoms in total. The smallest absolute Gasteiger partial charge is 0.237 e. The standard InChI is InChI=1S/C19H24N2O2/c1-14-7-6-10-17(11-14)23-13-15(2)21-19(22)18(20)12-16-8-4-3-5-9-16/h3-11,15,18H,12-13,20H2,1-2H3,(H,21,22)/t15?,18-/m0/s1. The number of hydrogen-bond acceptors (Lipinski definition) is 3. The van der Waals surface area contributed by atoms with Crippen molar-refractivity contribution in [2.45, 2.75) is 32.4 Å². The predicted octanol–water partition coefficient (Wildman–Crippen LogP) is 2.45. The van der Waals surface area contributed by atoms with Crippen LogP contribution >= 0.6 is 0 Å². The van der Waals surface area contributed by atoms with Crippen LogP contribution in [0.25, 0.3) is 0 Å². The van der Waals surface area contributed by atoms with Gasteiger partial charge in [-0.2, -0.15) is 0 Å². The maximum absolute atomic E-state index is 12.1. The molecule has 23 heavy (non-hydrogen) atoms. The highest BCUT2D eigenvalue weighted by atomic mass is 16.5. The zero-order chi connectivity index (χ0) is 16.7. The molecule has 0 radical (unpaired) electrons. The summed E-state index contributed by atoms with van der Waals surface area (Å²) in [5, 5.41) is 2.90. The van der Waals surface area contributed by atoms with Gasteiger partial charge in [0.05, 0.1) is 12.1 Å². The van der Waals surface area contributed by atoms with Gasteiger partial charge in [-0.1, -0.05) is 42.5 Å². The second kappa shape index (κ2) is 8.34. The number of benzene rings is 2. The van der Waals surface area contributed by atoms with E-state index in [1.807, 2.05) is 68.4 Å². The average molecular weight is 312 g/mol. The number of hydrogen-bond donors (Lipinski definition) is 2. The third-order valence-electron chi connectivity index (χ3n) is 3.51. The Bertz CT molecular complexity index is 628. The van der Waals surface area contributed by atoms with E-state index >= 15 is 0 Å². The predicted molar refractivity (Wildman–Crippen MR) is 92.4 cm³/mol. The molecule has 4 heteroatoms. The number of nitrogens with one attached hydrogen (secondary N) is 1. The molecule has 0 bridgehead atoms. The van der Waals surface area contributed by atoms with Gasteiger partial charge in [-0.15, -0.1) is 0 Å². The molecule has 0 spiro atoms. The molecule has 2 rings (SSSR count). The summed E-state index contributed by atoms with van der Waals surface area (Å²) in [6.45, 7) is 4.33. The first kappa shape index (κ1) is 17.0. The van der Waals surface area contributed by atoms with Gasteiger partial charge in [0.1, 0.15) is 12.4 Å². The SMILES string of the molecule is Cc1cccc(OCC(C)NC(=O)[C@@H](N)Cc2ccccc2)c1. The van der Waals surface area contributed by atoms with Crippen LogP contribution in [0.2, 0.25) is 0 Å². The van der Waals surface area contributed by atoms with Gasteiger partial charge in [-0.3, -0.25) is 4.79 Å². The largest absolute Gasteiger partial charge is 0.491 e. The average Bonchev–Trinajstić information content (AvgIpc) is 2.54. The Labute approximate surface area is 137 Å². The first-order valence-electron chi connectivity index (χ1n) is 7.84. The quantitative estimate of drug-likeness (QED) is 0.825. The molecule has 0 aromatic heterocycles. The molecule has 0 saturated carbocycles. The van der Waals surface area contributed by atoms with Crippen molar-refractivity contribution in [3.05, 3.63) is 65.7 Å². The van der Waals surface area contributed by atoms with Crippen molar-refractivity contribution in [2.75, 3.05) is 6.61 Å². The van der Waals surface area contributed by atoms with Crippen LogP contribution < -0.4 is 15.8 Å². The highest BCUT2D eigenvalue weighted by Gasteiger charge is 2.16. The highest BCUT2D eigenvalue weighted by molar-refractivity contribution is 5.82. The Morgan fingerprint density at radius 2 is 1.91 bits per heavy atom. The Morgan fingerprint density at radius 1 is 1.17 bits per heavy atom. The van der Waals surface area contributed by atoms with E-state index in [4.69, 9.17) is 10.5 Å². The third kappa shape index (κ3) is 5.75. The second-order valence-electron chi connectivity index (χ2n) is 5.83. The van der Waals surface area contributed by atoms with Crippen molar-refractivity contribution in [3.8, 4) is 5.75 Å². The molecule has 1 unspecified atom stereocenters. The number of rotatable bonds is 7. The van der Waals surface area contributed by atoms with Crippen molar-refractivity contribution in [3.63, 3.8) is 0 Å². The van der Waals surface area contributed by atoms with Crippen LogP contribution in [0, 0.1) is 6.92 Å². The van der Waals surface area contributed by atoms with Gasteiger partial charge in [-0.25, -0.2) is 0 Å². The van der Waals surface area contributed by atoms with Crippen LogP contribution in [0.15, 0.2) is 54.6 Å². The zero-order valence-electron chi connectivity index (χ0n) is 13.7. The summed E-state index contributed by atoms with van der Waals surface area (Å²) in [5.74, 6) is 0.647. The fraction of sp³-hybridized carbons (Fsp3) is 0.316. The molecule has 2 aromatic carbocycles. The maximum Gasteiger partial charge on any atom is 0.237 e.